The average Bonchev–Trinajstić information content (AvgIpc) is 3.56. The van der Waals surface area contributed by atoms with Crippen molar-refractivity contribution in [2.45, 2.75) is 37.2 Å². The molecule has 1 aliphatic carbocycles. The van der Waals surface area contributed by atoms with Crippen molar-refractivity contribution in [1.82, 2.24) is 20.1 Å². The summed E-state index contributed by atoms with van der Waals surface area (Å²) in [7, 11) is 1.63. The molecule has 31 heavy (non-hydrogen) atoms. The van der Waals surface area contributed by atoms with Crippen LogP contribution in [-0.4, -0.2) is 33.5 Å². The molecule has 1 aromatic heterocycles. The molecule has 0 saturated heterocycles. The van der Waals surface area contributed by atoms with Crippen molar-refractivity contribution in [1.29, 1.82) is 0 Å². The molecule has 0 bridgehead atoms. The molecule has 0 radical (unpaired) electrons. The molecular weight excluding hydrogens is 436 g/mol. The third-order valence-corrected chi connectivity index (χ3v) is 6.08. The molecule has 9 heteroatoms. The van der Waals surface area contributed by atoms with Crippen LogP contribution in [0.4, 0.5) is 0 Å². The average molecular weight is 459 g/mol. The first-order valence-electron chi connectivity index (χ1n) is 9.97. The van der Waals surface area contributed by atoms with Crippen molar-refractivity contribution in [2.75, 3.05) is 12.9 Å². The molecule has 0 aliphatic heterocycles. The van der Waals surface area contributed by atoms with Gasteiger partial charge in [-0.05, 0) is 42.7 Å². The van der Waals surface area contributed by atoms with Crippen molar-refractivity contribution in [3.05, 3.63) is 64.9 Å². The Kier molecular flexibility index (Phi) is 6.99. The number of nitrogens with one attached hydrogen (secondary N) is 1. The van der Waals surface area contributed by atoms with Crippen LogP contribution in [0.25, 0.3) is 0 Å². The number of methoxy groups -OCH3 is 1. The second-order valence-corrected chi connectivity index (χ2v) is 8.48. The van der Waals surface area contributed by atoms with Crippen LogP contribution in [0.5, 0.6) is 11.5 Å². The molecule has 1 amide bonds. The van der Waals surface area contributed by atoms with Gasteiger partial charge in [0, 0.05) is 12.6 Å². The Balaban J connectivity index is 1.32. The standard InChI is InChI=1S/C22H23ClN4O3S/c1-29-17-10-6-15(7-11-17)12-24-21(28)14-31-22-26-25-20(27(22)16-8-9-16)13-30-19-5-3-2-4-18(19)23/h2-7,10-11,16H,8-9,12-14H2,1H3,(H,24,28). The van der Waals surface area contributed by atoms with E-state index in [9.17, 15) is 4.79 Å². The van der Waals surface area contributed by atoms with E-state index in [-0.39, 0.29) is 18.3 Å². The number of hydrogen-bond acceptors (Lipinski definition) is 6. The lowest BCUT2D eigenvalue weighted by Crippen LogP contribution is -2.24. The highest BCUT2D eigenvalue weighted by atomic mass is 35.5. The molecule has 3 aromatic rings. The maximum Gasteiger partial charge on any atom is 0.230 e. The lowest BCUT2D eigenvalue weighted by atomic mass is 10.2. The number of carbonyl (C=O) groups is 1. The summed E-state index contributed by atoms with van der Waals surface area (Å²) in [6.07, 6.45) is 2.16. The normalized spacial score (nSPS) is 13.1. The SMILES string of the molecule is COc1ccc(CNC(=O)CSc2nnc(COc3ccccc3Cl)n2C2CC2)cc1. The van der Waals surface area contributed by atoms with E-state index in [1.807, 2.05) is 42.5 Å². The van der Waals surface area contributed by atoms with E-state index in [0.29, 0.717) is 23.4 Å². The third kappa shape index (κ3) is 5.71. The number of carbonyl (C=O) groups excluding carboxylic acids is 1. The topological polar surface area (TPSA) is 78.3 Å². The lowest BCUT2D eigenvalue weighted by molar-refractivity contribution is -0.118. The quantitative estimate of drug-likeness (QED) is 0.457. The first kappa shape index (κ1) is 21.5. The highest BCUT2D eigenvalue weighted by Crippen LogP contribution is 2.39. The predicted octanol–water partition coefficient (Wildman–Crippen LogP) is 4.26. The van der Waals surface area contributed by atoms with E-state index in [4.69, 9.17) is 21.1 Å². The molecule has 0 atom stereocenters. The second kappa shape index (κ2) is 10.1. The Morgan fingerprint density at radius 3 is 2.68 bits per heavy atom. The molecule has 162 valence electrons. The number of benzene rings is 2. The van der Waals surface area contributed by atoms with E-state index in [0.717, 1.165) is 35.1 Å². The van der Waals surface area contributed by atoms with Gasteiger partial charge in [0.1, 0.15) is 18.1 Å². The molecule has 1 heterocycles. The van der Waals surface area contributed by atoms with Gasteiger partial charge in [-0.3, -0.25) is 9.36 Å². The van der Waals surface area contributed by atoms with Gasteiger partial charge >= 0.3 is 0 Å². The fourth-order valence-electron chi connectivity index (χ4n) is 3.03. The Hall–Kier alpha value is -2.71. The van der Waals surface area contributed by atoms with Crippen molar-refractivity contribution in [3.8, 4) is 11.5 Å². The van der Waals surface area contributed by atoms with Crippen LogP contribution in [0.3, 0.4) is 0 Å². The minimum absolute atomic E-state index is 0.0555. The number of halogens is 1. The molecule has 1 saturated carbocycles. The summed E-state index contributed by atoms with van der Waals surface area (Å²) in [5.74, 6) is 2.36. The van der Waals surface area contributed by atoms with E-state index in [1.54, 1.807) is 13.2 Å². The van der Waals surface area contributed by atoms with Crippen molar-refractivity contribution in [2.24, 2.45) is 0 Å². The van der Waals surface area contributed by atoms with Gasteiger partial charge in [0.2, 0.25) is 5.91 Å². The van der Waals surface area contributed by atoms with Crippen LogP contribution in [0.2, 0.25) is 5.02 Å². The van der Waals surface area contributed by atoms with Crippen LogP contribution in [0.15, 0.2) is 53.7 Å². The van der Waals surface area contributed by atoms with Crippen LogP contribution in [0.1, 0.15) is 30.3 Å². The second-order valence-electron chi connectivity index (χ2n) is 7.13. The molecule has 2 aromatic carbocycles. The Bertz CT molecular complexity index is 1040. The van der Waals surface area contributed by atoms with Crippen LogP contribution in [-0.2, 0) is 17.9 Å². The molecule has 1 N–H and O–H groups in total. The number of thioether (sulfide) groups is 1. The van der Waals surface area contributed by atoms with Gasteiger partial charge in [-0.2, -0.15) is 0 Å². The van der Waals surface area contributed by atoms with E-state index < -0.39 is 0 Å². The van der Waals surface area contributed by atoms with E-state index in [1.165, 1.54) is 11.8 Å². The summed E-state index contributed by atoms with van der Waals surface area (Å²) in [4.78, 5) is 12.3. The fraction of sp³-hybridized carbons (Fsp3) is 0.318. The number of ether oxygens (including phenoxy) is 2. The zero-order valence-electron chi connectivity index (χ0n) is 17.1. The predicted molar refractivity (Wildman–Crippen MR) is 120 cm³/mol. The van der Waals surface area contributed by atoms with Gasteiger partial charge in [-0.15, -0.1) is 10.2 Å². The van der Waals surface area contributed by atoms with E-state index >= 15 is 0 Å². The minimum atomic E-state index is -0.0555. The zero-order chi connectivity index (χ0) is 21.6. The van der Waals surface area contributed by atoms with Gasteiger partial charge in [0.05, 0.1) is 17.9 Å². The van der Waals surface area contributed by atoms with Gasteiger partial charge < -0.3 is 14.8 Å². The van der Waals surface area contributed by atoms with Gasteiger partial charge in [-0.25, -0.2) is 0 Å². The molecule has 1 fully saturated rings. The van der Waals surface area contributed by atoms with Crippen LogP contribution >= 0.6 is 23.4 Å². The van der Waals surface area contributed by atoms with Crippen molar-refractivity contribution < 1.29 is 14.3 Å². The summed E-state index contributed by atoms with van der Waals surface area (Å²) in [5, 5.41) is 12.8. The van der Waals surface area contributed by atoms with Gasteiger partial charge in [0.15, 0.2) is 11.0 Å². The first-order chi connectivity index (χ1) is 15.1. The lowest BCUT2D eigenvalue weighted by Gasteiger charge is -2.11. The Morgan fingerprint density at radius 2 is 1.97 bits per heavy atom. The van der Waals surface area contributed by atoms with E-state index in [2.05, 4.69) is 20.1 Å². The molecule has 1 aliphatic rings. The molecule has 4 rings (SSSR count). The Labute approximate surface area is 190 Å². The summed E-state index contributed by atoms with van der Waals surface area (Å²) >= 11 is 7.55. The number of para-hydroxylation sites is 1. The first-order valence-corrected chi connectivity index (χ1v) is 11.3. The summed E-state index contributed by atoms with van der Waals surface area (Å²) in [5.41, 5.74) is 1.01. The maximum atomic E-state index is 12.3. The monoisotopic (exact) mass is 458 g/mol. The largest absolute Gasteiger partial charge is 0.497 e. The number of rotatable bonds is 10. The molecule has 0 unspecified atom stereocenters. The fourth-order valence-corrected chi connectivity index (χ4v) is 4.08. The summed E-state index contributed by atoms with van der Waals surface area (Å²) in [6, 6.07) is 15.3. The van der Waals surface area contributed by atoms with Crippen LogP contribution < -0.4 is 14.8 Å². The zero-order valence-corrected chi connectivity index (χ0v) is 18.7. The summed E-state index contributed by atoms with van der Waals surface area (Å²) in [6.45, 7) is 0.743. The third-order valence-electron chi connectivity index (χ3n) is 4.82. The maximum absolute atomic E-state index is 12.3. The molecule has 0 spiro atoms. The highest BCUT2D eigenvalue weighted by molar-refractivity contribution is 7.99. The van der Waals surface area contributed by atoms with Crippen LogP contribution in [0, 0.1) is 0 Å². The minimum Gasteiger partial charge on any atom is -0.497 e. The summed E-state index contributed by atoms with van der Waals surface area (Å²) < 4.78 is 13.1. The number of nitrogens with zero attached hydrogens (tertiary/aromatic N) is 3. The van der Waals surface area contributed by atoms with Crippen molar-refractivity contribution >= 4 is 29.3 Å². The Morgan fingerprint density at radius 1 is 1.19 bits per heavy atom. The number of amides is 1. The van der Waals surface area contributed by atoms with Gasteiger partial charge in [-0.1, -0.05) is 47.6 Å². The highest BCUT2D eigenvalue weighted by Gasteiger charge is 2.30. The smallest absolute Gasteiger partial charge is 0.230 e. The number of hydrogen-bond donors (Lipinski definition) is 1. The number of aromatic nitrogens is 3. The molecular formula is C22H23ClN4O3S. The van der Waals surface area contributed by atoms with Gasteiger partial charge in [0.25, 0.3) is 0 Å². The van der Waals surface area contributed by atoms with Crippen molar-refractivity contribution in [3.63, 3.8) is 0 Å². The molecule has 7 nitrogen and oxygen atoms in total.